The maximum atomic E-state index is 5.82. The van der Waals surface area contributed by atoms with Crippen molar-refractivity contribution in [2.75, 3.05) is 17.7 Å². The normalized spacial score (nSPS) is 10.5. The quantitative estimate of drug-likeness (QED) is 0.820. The molecule has 0 spiro atoms. The predicted octanol–water partition coefficient (Wildman–Crippen LogP) is 1.23. The van der Waals surface area contributed by atoms with Crippen LogP contribution in [0.2, 0.25) is 0 Å². The fraction of sp³-hybridized carbons (Fsp3) is 0.300. The Morgan fingerprint density at radius 2 is 2.40 bits per heavy atom. The van der Waals surface area contributed by atoms with Crippen LogP contribution >= 0.6 is 0 Å². The second-order valence-electron chi connectivity index (χ2n) is 3.52. The zero-order valence-electron chi connectivity index (χ0n) is 8.84. The van der Waals surface area contributed by atoms with Gasteiger partial charge in [0, 0.05) is 20.3 Å². The van der Waals surface area contributed by atoms with E-state index in [0.717, 1.165) is 11.6 Å². The van der Waals surface area contributed by atoms with Crippen LogP contribution in [-0.2, 0) is 13.6 Å². The Balaban J connectivity index is 2.14. The summed E-state index contributed by atoms with van der Waals surface area (Å²) in [6.07, 6.45) is 3.44. The van der Waals surface area contributed by atoms with Crippen LogP contribution in [0.25, 0.3) is 0 Å². The Hall–Kier alpha value is -1.91. The number of nitrogen functional groups attached to an aromatic ring is 1. The number of aromatic nitrogens is 2. The number of nitrogens with zero attached hydrogens (tertiary/aromatic N) is 3. The zero-order valence-corrected chi connectivity index (χ0v) is 8.84. The lowest BCUT2D eigenvalue weighted by Gasteiger charge is -2.14. The van der Waals surface area contributed by atoms with Crippen molar-refractivity contribution >= 4 is 11.5 Å². The van der Waals surface area contributed by atoms with E-state index in [9.17, 15) is 0 Å². The van der Waals surface area contributed by atoms with Crippen molar-refractivity contribution in [2.45, 2.75) is 6.54 Å². The molecule has 0 aliphatic rings. The van der Waals surface area contributed by atoms with Gasteiger partial charge in [0.25, 0.3) is 0 Å². The van der Waals surface area contributed by atoms with Gasteiger partial charge in [-0.2, -0.15) is 5.10 Å². The van der Waals surface area contributed by atoms with Crippen LogP contribution in [0.15, 0.2) is 29.0 Å². The van der Waals surface area contributed by atoms with Gasteiger partial charge in [-0.15, -0.1) is 0 Å². The third-order valence-corrected chi connectivity index (χ3v) is 2.17. The second-order valence-corrected chi connectivity index (χ2v) is 3.52. The van der Waals surface area contributed by atoms with Gasteiger partial charge >= 0.3 is 0 Å². The summed E-state index contributed by atoms with van der Waals surface area (Å²) in [5.41, 5.74) is 6.49. The van der Waals surface area contributed by atoms with Gasteiger partial charge in [0.2, 0.25) is 0 Å². The highest BCUT2D eigenvalue weighted by Gasteiger charge is 2.10. The molecule has 2 N–H and O–H groups in total. The average molecular weight is 206 g/mol. The lowest BCUT2D eigenvalue weighted by atomic mass is 10.4. The number of hydrogen-bond acceptors (Lipinski definition) is 4. The fourth-order valence-electron chi connectivity index (χ4n) is 1.50. The topological polar surface area (TPSA) is 60.2 Å². The van der Waals surface area contributed by atoms with E-state index in [1.165, 1.54) is 0 Å². The zero-order chi connectivity index (χ0) is 10.8. The summed E-state index contributed by atoms with van der Waals surface area (Å²) in [6, 6.07) is 3.79. The highest BCUT2D eigenvalue weighted by molar-refractivity contribution is 5.61. The molecule has 15 heavy (non-hydrogen) atoms. The van der Waals surface area contributed by atoms with Crippen molar-refractivity contribution in [2.24, 2.45) is 7.05 Å². The third-order valence-electron chi connectivity index (χ3n) is 2.17. The lowest BCUT2D eigenvalue weighted by Crippen LogP contribution is -2.17. The van der Waals surface area contributed by atoms with Crippen molar-refractivity contribution in [3.63, 3.8) is 0 Å². The minimum Gasteiger partial charge on any atom is -0.467 e. The van der Waals surface area contributed by atoms with E-state index in [4.69, 9.17) is 10.2 Å². The first-order valence-electron chi connectivity index (χ1n) is 4.69. The van der Waals surface area contributed by atoms with Gasteiger partial charge in [-0.3, -0.25) is 4.68 Å². The Morgan fingerprint density at radius 3 is 2.93 bits per heavy atom. The summed E-state index contributed by atoms with van der Waals surface area (Å²) in [7, 11) is 3.78. The highest BCUT2D eigenvalue weighted by atomic mass is 16.3. The lowest BCUT2D eigenvalue weighted by molar-refractivity contribution is 0.506. The molecule has 0 saturated carbocycles. The van der Waals surface area contributed by atoms with Crippen LogP contribution < -0.4 is 10.6 Å². The highest BCUT2D eigenvalue weighted by Crippen LogP contribution is 2.20. The smallest absolute Gasteiger partial charge is 0.174 e. The summed E-state index contributed by atoms with van der Waals surface area (Å²) in [4.78, 5) is 1.95. The third kappa shape index (κ3) is 1.96. The van der Waals surface area contributed by atoms with E-state index in [1.807, 2.05) is 31.1 Å². The van der Waals surface area contributed by atoms with Gasteiger partial charge in [-0.05, 0) is 12.1 Å². The minimum absolute atomic E-state index is 0.661. The molecule has 2 aromatic heterocycles. The number of furan rings is 1. The number of nitrogens with two attached hydrogens (primary N) is 1. The molecule has 0 aliphatic heterocycles. The first-order chi connectivity index (χ1) is 7.16. The SMILES string of the molecule is CN(Cc1ccco1)c1nn(C)cc1N. The average Bonchev–Trinajstić information content (AvgIpc) is 2.75. The Kier molecular flexibility index (Phi) is 2.37. The standard InChI is InChI=1S/C10H14N4O/c1-13(6-8-4-3-5-15-8)10-9(11)7-14(2)12-10/h3-5,7H,6,11H2,1-2H3. The Bertz CT molecular complexity index is 432. The van der Waals surface area contributed by atoms with Crippen LogP contribution in [0.3, 0.4) is 0 Å². The molecular formula is C10H14N4O. The van der Waals surface area contributed by atoms with Gasteiger partial charge < -0.3 is 15.1 Å². The predicted molar refractivity (Wildman–Crippen MR) is 58.4 cm³/mol. The Labute approximate surface area is 88.1 Å². The largest absolute Gasteiger partial charge is 0.467 e. The van der Waals surface area contributed by atoms with Crippen LogP contribution in [0.1, 0.15) is 5.76 Å². The number of aryl methyl sites for hydroxylation is 1. The van der Waals surface area contributed by atoms with Crippen LogP contribution in [0.4, 0.5) is 11.5 Å². The Morgan fingerprint density at radius 1 is 1.60 bits per heavy atom. The van der Waals surface area contributed by atoms with Crippen LogP contribution in [-0.4, -0.2) is 16.8 Å². The van der Waals surface area contributed by atoms with Crippen LogP contribution in [0.5, 0.6) is 0 Å². The summed E-state index contributed by atoms with van der Waals surface area (Å²) in [6.45, 7) is 0.661. The van der Waals surface area contributed by atoms with Gasteiger partial charge in [-0.1, -0.05) is 0 Å². The molecule has 0 fully saturated rings. The van der Waals surface area contributed by atoms with Crippen molar-refractivity contribution in [3.8, 4) is 0 Å². The molecule has 0 saturated heterocycles. The van der Waals surface area contributed by atoms with Gasteiger partial charge in [0.05, 0.1) is 18.5 Å². The van der Waals surface area contributed by atoms with E-state index in [-0.39, 0.29) is 0 Å². The maximum absolute atomic E-state index is 5.82. The summed E-state index contributed by atoms with van der Waals surface area (Å²) in [5.74, 6) is 1.66. The van der Waals surface area contributed by atoms with Crippen LogP contribution in [0, 0.1) is 0 Å². The monoisotopic (exact) mass is 206 g/mol. The molecule has 0 bridgehead atoms. The number of hydrogen-bond donors (Lipinski definition) is 1. The van der Waals surface area contributed by atoms with Crippen molar-refractivity contribution < 1.29 is 4.42 Å². The molecule has 0 amide bonds. The van der Waals surface area contributed by atoms with Gasteiger partial charge in [0.15, 0.2) is 5.82 Å². The fourth-order valence-corrected chi connectivity index (χ4v) is 1.50. The van der Waals surface area contributed by atoms with Gasteiger partial charge in [-0.25, -0.2) is 0 Å². The molecule has 80 valence electrons. The molecule has 0 aliphatic carbocycles. The first kappa shape index (κ1) is 9.64. The maximum Gasteiger partial charge on any atom is 0.174 e. The second kappa shape index (κ2) is 3.68. The summed E-state index contributed by atoms with van der Waals surface area (Å²) >= 11 is 0. The molecule has 2 rings (SSSR count). The van der Waals surface area contributed by atoms with E-state index in [2.05, 4.69) is 5.10 Å². The number of rotatable bonds is 3. The minimum atomic E-state index is 0.661. The molecule has 0 atom stereocenters. The van der Waals surface area contributed by atoms with E-state index < -0.39 is 0 Å². The van der Waals surface area contributed by atoms with E-state index in [1.54, 1.807) is 17.1 Å². The molecule has 5 heteroatoms. The van der Waals surface area contributed by atoms with E-state index in [0.29, 0.717) is 12.2 Å². The molecule has 5 nitrogen and oxygen atoms in total. The van der Waals surface area contributed by atoms with Gasteiger partial charge in [0.1, 0.15) is 5.76 Å². The summed E-state index contributed by atoms with van der Waals surface area (Å²) < 4.78 is 6.95. The molecule has 0 unspecified atom stereocenters. The molecular weight excluding hydrogens is 192 g/mol. The molecule has 2 heterocycles. The first-order valence-corrected chi connectivity index (χ1v) is 4.69. The molecule has 2 aromatic rings. The summed E-state index contributed by atoms with van der Waals surface area (Å²) in [5, 5.41) is 4.27. The van der Waals surface area contributed by atoms with Crippen molar-refractivity contribution in [1.82, 2.24) is 9.78 Å². The van der Waals surface area contributed by atoms with Crippen molar-refractivity contribution in [3.05, 3.63) is 30.4 Å². The molecule has 0 aromatic carbocycles. The van der Waals surface area contributed by atoms with E-state index >= 15 is 0 Å². The van der Waals surface area contributed by atoms with Crippen molar-refractivity contribution in [1.29, 1.82) is 0 Å². The molecule has 0 radical (unpaired) electrons. The number of anilines is 2.